The van der Waals surface area contributed by atoms with Crippen molar-refractivity contribution in [2.24, 2.45) is 5.73 Å². The summed E-state index contributed by atoms with van der Waals surface area (Å²) in [5, 5.41) is 18.9. The van der Waals surface area contributed by atoms with Crippen LogP contribution in [0.5, 0.6) is 0 Å². The molecule has 7 heteroatoms. The third-order valence-corrected chi connectivity index (χ3v) is 5.24. The largest absolute Gasteiger partial charge is 0.396 e. The number of aliphatic hydroxyl groups excluding tert-OH is 1. The molecule has 2 rings (SSSR count). The van der Waals surface area contributed by atoms with Crippen LogP contribution in [0.4, 0.5) is 5.69 Å². The molecule has 0 radical (unpaired) electrons. The predicted octanol–water partition coefficient (Wildman–Crippen LogP) is 4.08. The summed E-state index contributed by atoms with van der Waals surface area (Å²) in [7, 11) is 0. The van der Waals surface area contributed by atoms with Crippen LogP contribution < -0.4 is 5.73 Å². The molecule has 29 heavy (non-hydrogen) atoms. The van der Waals surface area contributed by atoms with E-state index in [1.165, 1.54) is 64.4 Å². The van der Waals surface area contributed by atoms with E-state index in [0.29, 0.717) is 6.61 Å². The van der Waals surface area contributed by atoms with Crippen molar-refractivity contribution in [1.82, 2.24) is 9.88 Å². The van der Waals surface area contributed by atoms with Gasteiger partial charge in [0, 0.05) is 18.4 Å². The zero-order valence-corrected chi connectivity index (χ0v) is 17.9. The maximum Gasteiger partial charge on any atom is 0.287 e. The van der Waals surface area contributed by atoms with Crippen LogP contribution in [0, 0.1) is 10.1 Å². The normalized spacial score (nSPS) is 14.3. The van der Waals surface area contributed by atoms with Gasteiger partial charge in [0.2, 0.25) is 0 Å². The van der Waals surface area contributed by atoms with Gasteiger partial charge in [-0.05, 0) is 77.2 Å². The van der Waals surface area contributed by atoms with E-state index in [1.54, 1.807) is 12.1 Å². The molecule has 0 bridgehead atoms. The fraction of sp³-hybridized carbons (Fsp3) is 0.773. The molecule has 1 fully saturated rings. The predicted molar refractivity (Wildman–Crippen MR) is 118 cm³/mol. The number of rotatable bonds is 13. The number of unbranched alkanes of at least 4 members (excludes halogenated alkanes) is 6. The van der Waals surface area contributed by atoms with Crippen LogP contribution in [0.25, 0.3) is 0 Å². The molecule has 1 saturated heterocycles. The van der Waals surface area contributed by atoms with Gasteiger partial charge in [0.15, 0.2) is 0 Å². The van der Waals surface area contributed by atoms with Gasteiger partial charge >= 0.3 is 0 Å². The summed E-state index contributed by atoms with van der Waals surface area (Å²) in [6.07, 6.45) is 15.6. The first kappa shape index (κ1) is 25.5. The van der Waals surface area contributed by atoms with E-state index in [1.807, 2.05) is 0 Å². The second-order valence-electron chi connectivity index (χ2n) is 7.76. The number of aryl methyl sites for hydroxylation is 1. The van der Waals surface area contributed by atoms with Crippen molar-refractivity contribution >= 4 is 5.69 Å². The Morgan fingerprint density at radius 3 is 2.31 bits per heavy atom. The molecule has 7 nitrogen and oxygen atoms in total. The zero-order valence-electron chi connectivity index (χ0n) is 17.9. The van der Waals surface area contributed by atoms with E-state index < -0.39 is 4.92 Å². The summed E-state index contributed by atoms with van der Waals surface area (Å²) in [5.74, 6) is 0. The molecule has 166 valence electrons. The summed E-state index contributed by atoms with van der Waals surface area (Å²) in [4.78, 5) is 16.9. The second kappa shape index (κ2) is 17.3. The van der Waals surface area contributed by atoms with Gasteiger partial charge in [0.1, 0.15) is 6.20 Å². The molecular formula is C22H40N4O3. The Kier molecular flexibility index (Phi) is 15.2. The molecule has 1 aromatic rings. The number of nitrogens with two attached hydrogens (primary N) is 1. The number of nitrogens with zero attached hydrogens (tertiary/aromatic N) is 3. The molecule has 1 aromatic heterocycles. The highest BCUT2D eigenvalue weighted by Crippen LogP contribution is 2.13. The lowest BCUT2D eigenvalue weighted by atomic mass is 10.1. The minimum Gasteiger partial charge on any atom is -0.396 e. The lowest BCUT2D eigenvalue weighted by Crippen LogP contribution is -2.30. The number of aromatic nitrogens is 1. The van der Waals surface area contributed by atoms with E-state index in [0.717, 1.165) is 50.8 Å². The van der Waals surface area contributed by atoms with Crippen molar-refractivity contribution in [2.45, 2.75) is 77.0 Å². The highest BCUT2D eigenvalue weighted by atomic mass is 16.6. The molecule has 1 aliphatic heterocycles. The van der Waals surface area contributed by atoms with E-state index in [2.05, 4.69) is 9.88 Å². The van der Waals surface area contributed by atoms with E-state index >= 15 is 0 Å². The van der Waals surface area contributed by atoms with Crippen LogP contribution in [-0.2, 0) is 6.42 Å². The molecule has 0 amide bonds. The Morgan fingerprint density at radius 1 is 1.00 bits per heavy atom. The number of hydrogen-bond donors (Lipinski definition) is 2. The third-order valence-electron chi connectivity index (χ3n) is 5.24. The lowest BCUT2D eigenvalue weighted by molar-refractivity contribution is -0.385. The van der Waals surface area contributed by atoms with E-state index in [9.17, 15) is 10.1 Å². The molecule has 0 unspecified atom stereocenters. The monoisotopic (exact) mass is 408 g/mol. The second-order valence-corrected chi connectivity index (χ2v) is 7.76. The van der Waals surface area contributed by atoms with Crippen LogP contribution >= 0.6 is 0 Å². The molecule has 0 atom stereocenters. The highest BCUT2D eigenvalue weighted by Gasteiger charge is 2.09. The summed E-state index contributed by atoms with van der Waals surface area (Å²) >= 11 is 0. The van der Waals surface area contributed by atoms with Gasteiger partial charge in [0.05, 0.1) is 4.92 Å². The summed E-state index contributed by atoms with van der Waals surface area (Å²) < 4.78 is 0. The summed E-state index contributed by atoms with van der Waals surface area (Å²) in [6, 6.07) is 3.31. The van der Waals surface area contributed by atoms with Crippen molar-refractivity contribution in [3.05, 3.63) is 34.1 Å². The minimum atomic E-state index is -0.405. The van der Waals surface area contributed by atoms with Crippen molar-refractivity contribution in [1.29, 1.82) is 0 Å². The van der Waals surface area contributed by atoms with E-state index in [4.69, 9.17) is 10.8 Å². The maximum absolute atomic E-state index is 10.5. The van der Waals surface area contributed by atoms with E-state index in [-0.39, 0.29) is 5.69 Å². The fourth-order valence-corrected chi connectivity index (χ4v) is 3.46. The zero-order chi connectivity index (χ0) is 21.2. The van der Waals surface area contributed by atoms with Gasteiger partial charge in [-0.2, -0.15) is 0 Å². The minimum absolute atomic E-state index is 0.0697. The van der Waals surface area contributed by atoms with Crippen LogP contribution in [0.1, 0.15) is 76.3 Å². The topological polar surface area (TPSA) is 106 Å². The fourth-order valence-electron chi connectivity index (χ4n) is 3.46. The number of likely N-dealkylation sites (tertiary alicyclic amines) is 1. The van der Waals surface area contributed by atoms with Crippen LogP contribution in [0.15, 0.2) is 18.3 Å². The van der Waals surface area contributed by atoms with Crippen molar-refractivity contribution in [3.8, 4) is 0 Å². The van der Waals surface area contributed by atoms with Gasteiger partial charge in [-0.25, -0.2) is 0 Å². The molecule has 2 heterocycles. The third kappa shape index (κ3) is 13.3. The number of nitro groups is 1. The molecule has 0 saturated carbocycles. The van der Waals surface area contributed by atoms with Crippen LogP contribution in [0.3, 0.4) is 0 Å². The Morgan fingerprint density at radius 2 is 1.69 bits per heavy atom. The smallest absolute Gasteiger partial charge is 0.287 e. The molecular weight excluding hydrogens is 368 g/mol. The molecule has 3 N–H and O–H groups in total. The van der Waals surface area contributed by atoms with Gasteiger partial charge < -0.3 is 15.7 Å². The Labute approximate surface area is 175 Å². The average Bonchev–Trinajstić information content (AvgIpc) is 2.75. The highest BCUT2D eigenvalue weighted by molar-refractivity contribution is 5.26. The first-order valence-electron chi connectivity index (χ1n) is 11.3. The molecule has 0 spiro atoms. The van der Waals surface area contributed by atoms with Crippen molar-refractivity contribution < 1.29 is 10.0 Å². The SMILES string of the molecule is NCCCCCCO.O=[N+]([O-])c1ccc(CCCCCCN2CCCCC2)nc1. The maximum atomic E-state index is 10.5. The lowest BCUT2D eigenvalue weighted by Gasteiger charge is -2.26. The summed E-state index contributed by atoms with van der Waals surface area (Å²) in [5.41, 5.74) is 6.27. The Hall–Kier alpha value is -1.57. The number of pyridine rings is 1. The van der Waals surface area contributed by atoms with Crippen LogP contribution in [-0.4, -0.2) is 52.7 Å². The van der Waals surface area contributed by atoms with Gasteiger partial charge in [-0.3, -0.25) is 15.1 Å². The Balaban J connectivity index is 0.000000447. The molecule has 0 aromatic carbocycles. The van der Waals surface area contributed by atoms with Gasteiger partial charge in [0.25, 0.3) is 5.69 Å². The Bertz CT molecular complexity index is 513. The average molecular weight is 409 g/mol. The van der Waals surface area contributed by atoms with Gasteiger partial charge in [-0.1, -0.05) is 32.1 Å². The first-order chi connectivity index (χ1) is 14.2. The van der Waals surface area contributed by atoms with Crippen molar-refractivity contribution in [3.63, 3.8) is 0 Å². The first-order valence-corrected chi connectivity index (χ1v) is 11.3. The number of hydrogen-bond acceptors (Lipinski definition) is 6. The number of aliphatic hydroxyl groups is 1. The van der Waals surface area contributed by atoms with Crippen molar-refractivity contribution in [2.75, 3.05) is 32.8 Å². The molecule has 1 aliphatic rings. The quantitative estimate of drug-likeness (QED) is 0.289. The summed E-state index contributed by atoms with van der Waals surface area (Å²) in [6.45, 7) is 4.92. The number of piperidine rings is 1. The van der Waals surface area contributed by atoms with Crippen LogP contribution in [0.2, 0.25) is 0 Å². The standard InChI is InChI=1S/C16H25N3O2.C6H15NO/c20-19(21)16-10-9-15(17-14-16)8-4-1-2-5-11-18-12-6-3-7-13-18;7-5-3-1-2-4-6-8/h9-10,14H,1-8,11-13H2;8H,1-7H2. The molecule has 0 aliphatic carbocycles. The van der Waals surface area contributed by atoms with Gasteiger partial charge in [-0.15, -0.1) is 0 Å².